The van der Waals surface area contributed by atoms with Crippen molar-refractivity contribution in [1.82, 2.24) is 24.4 Å². The minimum atomic E-state index is 0.0246. The minimum Gasteiger partial charge on any atom is -0.339 e. The molecule has 7 heteroatoms. The molecule has 0 radical (unpaired) electrons. The van der Waals surface area contributed by atoms with Gasteiger partial charge in [0.1, 0.15) is 12.2 Å². The summed E-state index contributed by atoms with van der Waals surface area (Å²) in [5.74, 6) is 0.669. The molecule has 3 rings (SSSR count). The average molecular weight is 313 g/mol. The molecular weight excluding hydrogens is 298 g/mol. The molecule has 6 nitrogen and oxygen atoms in total. The van der Waals surface area contributed by atoms with Crippen molar-refractivity contribution in [2.75, 3.05) is 7.05 Å². The van der Waals surface area contributed by atoms with Crippen molar-refractivity contribution in [1.29, 1.82) is 0 Å². The van der Waals surface area contributed by atoms with Gasteiger partial charge in [-0.25, -0.2) is 9.97 Å². The highest BCUT2D eigenvalue weighted by molar-refractivity contribution is 7.09. The topological polar surface area (TPSA) is 63.9 Å². The maximum absolute atomic E-state index is 12.4. The van der Waals surface area contributed by atoms with Crippen molar-refractivity contribution >= 4 is 17.2 Å². The lowest BCUT2D eigenvalue weighted by Gasteiger charge is -2.17. The Hall–Kier alpha value is -2.54. The number of imidazole rings is 1. The van der Waals surface area contributed by atoms with Crippen molar-refractivity contribution < 1.29 is 4.79 Å². The standard InChI is InChI=1S/C15H15N5OS/c1-19(10-12-3-2-8-22-12)14(21)11-20-7-6-18-15(20)13-9-16-4-5-17-13/h2-9H,10-11H2,1H3. The molecular formula is C15H15N5OS. The van der Waals surface area contributed by atoms with Gasteiger partial charge in [-0.3, -0.25) is 9.78 Å². The van der Waals surface area contributed by atoms with Crippen LogP contribution in [0.15, 0.2) is 48.5 Å². The molecule has 0 atom stereocenters. The molecule has 3 aromatic heterocycles. The number of aromatic nitrogens is 4. The van der Waals surface area contributed by atoms with Crippen molar-refractivity contribution in [2.45, 2.75) is 13.1 Å². The van der Waals surface area contributed by atoms with E-state index < -0.39 is 0 Å². The fourth-order valence-electron chi connectivity index (χ4n) is 2.08. The second-order valence-corrected chi connectivity index (χ2v) is 5.83. The highest BCUT2D eigenvalue weighted by Gasteiger charge is 2.14. The first kappa shape index (κ1) is 14.4. The van der Waals surface area contributed by atoms with Gasteiger partial charge in [0.25, 0.3) is 0 Å². The Balaban J connectivity index is 1.71. The first-order valence-corrected chi connectivity index (χ1v) is 7.66. The molecule has 0 aliphatic carbocycles. The summed E-state index contributed by atoms with van der Waals surface area (Å²) in [5, 5.41) is 2.01. The number of likely N-dealkylation sites (N-methyl/N-ethyl adjacent to an activating group) is 1. The zero-order valence-corrected chi connectivity index (χ0v) is 12.9. The maximum Gasteiger partial charge on any atom is 0.242 e. The van der Waals surface area contributed by atoms with E-state index in [2.05, 4.69) is 15.0 Å². The van der Waals surface area contributed by atoms with Crippen molar-refractivity contribution in [3.05, 3.63) is 53.4 Å². The van der Waals surface area contributed by atoms with Crippen LogP contribution < -0.4 is 0 Å². The fraction of sp³-hybridized carbons (Fsp3) is 0.200. The minimum absolute atomic E-state index is 0.0246. The SMILES string of the molecule is CN(Cc1cccs1)C(=O)Cn1ccnc1-c1cnccn1. The predicted octanol–water partition coefficient (Wildman–Crippen LogP) is 2.06. The lowest BCUT2D eigenvalue weighted by atomic mass is 10.4. The van der Waals surface area contributed by atoms with Gasteiger partial charge in [0, 0.05) is 36.7 Å². The van der Waals surface area contributed by atoms with Gasteiger partial charge in [0.05, 0.1) is 12.7 Å². The zero-order valence-electron chi connectivity index (χ0n) is 12.1. The van der Waals surface area contributed by atoms with Crippen molar-refractivity contribution in [3.8, 4) is 11.5 Å². The summed E-state index contributed by atoms with van der Waals surface area (Å²) in [6, 6.07) is 4.01. The Morgan fingerprint density at radius 1 is 1.32 bits per heavy atom. The predicted molar refractivity (Wildman–Crippen MR) is 84.0 cm³/mol. The summed E-state index contributed by atoms with van der Waals surface area (Å²) >= 11 is 1.65. The van der Waals surface area contributed by atoms with Crippen LogP contribution in [0.2, 0.25) is 0 Å². The first-order valence-electron chi connectivity index (χ1n) is 6.78. The molecule has 0 saturated heterocycles. The van der Waals surface area contributed by atoms with Crippen molar-refractivity contribution in [2.24, 2.45) is 0 Å². The number of thiophene rings is 1. The van der Waals surface area contributed by atoms with Crippen LogP contribution in [0.3, 0.4) is 0 Å². The Morgan fingerprint density at radius 3 is 2.95 bits per heavy atom. The summed E-state index contributed by atoms with van der Waals surface area (Å²) < 4.78 is 1.79. The summed E-state index contributed by atoms with van der Waals surface area (Å²) in [6.07, 6.45) is 8.30. The van der Waals surface area contributed by atoms with Gasteiger partial charge in [-0.2, -0.15) is 0 Å². The van der Waals surface area contributed by atoms with Crippen LogP contribution in [0.25, 0.3) is 11.5 Å². The fourth-order valence-corrected chi connectivity index (χ4v) is 2.83. The largest absolute Gasteiger partial charge is 0.339 e. The second-order valence-electron chi connectivity index (χ2n) is 4.80. The van der Waals surface area contributed by atoms with Crippen LogP contribution in [-0.2, 0) is 17.9 Å². The third-order valence-corrected chi connectivity index (χ3v) is 4.07. The lowest BCUT2D eigenvalue weighted by molar-refractivity contribution is -0.131. The quantitative estimate of drug-likeness (QED) is 0.723. The van der Waals surface area contributed by atoms with E-state index in [0.717, 1.165) is 4.88 Å². The first-order chi connectivity index (χ1) is 10.7. The molecule has 0 aliphatic rings. The van der Waals surface area contributed by atoms with Gasteiger partial charge in [-0.15, -0.1) is 11.3 Å². The number of hydrogen-bond acceptors (Lipinski definition) is 5. The van der Waals surface area contributed by atoms with E-state index in [9.17, 15) is 4.79 Å². The van der Waals surface area contributed by atoms with E-state index in [1.807, 2.05) is 17.5 Å². The third-order valence-electron chi connectivity index (χ3n) is 3.21. The summed E-state index contributed by atoms with van der Waals surface area (Å²) in [4.78, 5) is 27.8. The number of rotatable bonds is 5. The molecule has 0 fully saturated rings. The van der Waals surface area contributed by atoms with Crippen LogP contribution in [0.4, 0.5) is 0 Å². The van der Waals surface area contributed by atoms with Crippen LogP contribution in [0.1, 0.15) is 4.88 Å². The number of carbonyl (C=O) groups is 1. The maximum atomic E-state index is 12.4. The molecule has 22 heavy (non-hydrogen) atoms. The number of carbonyl (C=O) groups excluding carboxylic acids is 1. The van der Waals surface area contributed by atoms with E-state index in [-0.39, 0.29) is 12.5 Å². The molecule has 3 heterocycles. The molecule has 0 aromatic carbocycles. The van der Waals surface area contributed by atoms with E-state index in [1.54, 1.807) is 58.8 Å². The van der Waals surface area contributed by atoms with Crippen LogP contribution in [-0.4, -0.2) is 37.4 Å². The van der Waals surface area contributed by atoms with Crippen LogP contribution >= 0.6 is 11.3 Å². The van der Waals surface area contributed by atoms with Gasteiger partial charge in [-0.05, 0) is 11.4 Å². The molecule has 3 aromatic rings. The highest BCUT2D eigenvalue weighted by atomic mass is 32.1. The average Bonchev–Trinajstić information content (AvgIpc) is 3.19. The number of amides is 1. The second kappa shape index (κ2) is 6.48. The molecule has 0 unspecified atom stereocenters. The third kappa shape index (κ3) is 3.20. The Labute approximate surface area is 132 Å². The van der Waals surface area contributed by atoms with Gasteiger partial charge in [0.2, 0.25) is 5.91 Å². The molecule has 0 spiro atoms. The summed E-state index contributed by atoms with van der Waals surface area (Å²) in [5.41, 5.74) is 0.654. The van der Waals surface area contributed by atoms with E-state index in [0.29, 0.717) is 18.1 Å². The van der Waals surface area contributed by atoms with Gasteiger partial charge >= 0.3 is 0 Å². The lowest BCUT2D eigenvalue weighted by Crippen LogP contribution is -2.29. The number of nitrogens with zero attached hydrogens (tertiary/aromatic N) is 5. The van der Waals surface area contributed by atoms with Gasteiger partial charge in [-0.1, -0.05) is 6.07 Å². The van der Waals surface area contributed by atoms with Gasteiger partial charge in [0.15, 0.2) is 5.82 Å². The monoisotopic (exact) mass is 313 g/mol. The van der Waals surface area contributed by atoms with Crippen LogP contribution in [0, 0.1) is 0 Å². The van der Waals surface area contributed by atoms with E-state index >= 15 is 0 Å². The molecule has 1 amide bonds. The molecule has 0 aliphatic heterocycles. The Kier molecular flexibility index (Phi) is 4.24. The molecule has 0 bridgehead atoms. The Morgan fingerprint density at radius 2 is 2.23 bits per heavy atom. The number of hydrogen-bond donors (Lipinski definition) is 0. The summed E-state index contributed by atoms with van der Waals surface area (Å²) in [7, 11) is 1.81. The van der Waals surface area contributed by atoms with Gasteiger partial charge < -0.3 is 9.47 Å². The summed E-state index contributed by atoms with van der Waals surface area (Å²) in [6.45, 7) is 0.847. The zero-order chi connectivity index (χ0) is 15.4. The van der Waals surface area contributed by atoms with E-state index in [4.69, 9.17) is 0 Å². The molecule has 0 saturated carbocycles. The normalized spacial score (nSPS) is 10.6. The smallest absolute Gasteiger partial charge is 0.242 e. The van der Waals surface area contributed by atoms with Crippen LogP contribution in [0.5, 0.6) is 0 Å². The van der Waals surface area contributed by atoms with E-state index in [1.165, 1.54) is 0 Å². The molecule has 0 N–H and O–H groups in total. The Bertz CT molecular complexity index is 738. The highest BCUT2D eigenvalue weighted by Crippen LogP contribution is 2.14. The molecule has 112 valence electrons. The van der Waals surface area contributed by atoms with Crippen molar-refractivity contribution in [3.63, 3.8) is 0 Å².